The van der Waals surface area contributed by atoms with Crippen LogP contribution >= 0.6 is 0 Å². The Morgan fingerprint density at radius 2 is 1.73 bits per heavy atom. The van der Waals surface area contributed by atoms with Crippen LogP contribution in [0, 0.1) is 11.7 Å². The van der Waals surface area contributed by atoms with Gasteiger partial charge in [0, 0.05) is 30.9 Å². The lowest BCUT2D eigenvalue weighted by molar-refractivity contribution is 0.0387. The number of nitrogens with zero attached hydrogens (tertiary/aromatic N) is 2. The molecule has 0 unspecified atom stereocenters. The number of urea groups is 1. The number of halogens is 1. The Labute approximate surface area is 238 Å². The number of carbonyl (C=O) groups is 2. The molecule has 0 bridgehead atoms. The maximum atomic E-state index is 13.6. The highest BCUT2D eigenvalue weighted by atomic mass is 32.2. The predicted molar refractivity (Wildman–Crippen MR) is 153 cm³/mol. The number of rotatable bonds is 8. The quantitative estimate of drug-likeness (QED) is 0.367. The Bertz CT molecular complexity index is 1490. The fourth-order valence-electron chi connectivity index (χ4n) is 4.47. The molecule has 3 aromatic carbocycles. The van der Waals surface area contributed by atoms with Crippen molar-refractivity contribution in [2.24, 2.45) is 5.92 Å². The molecular weight excluding hydrogens is 551 g/mol. The molecule has 3 N–H and O–H groups in total. The van der Waals surface area contributed by atoms with Gasteiger partial charge in [0.15, 0.2) is 0 Å². The second kappa shape index (κ2) is 12.7. The van der Waals surface area contributed by atoms with Gasteiger partial charge in [-0.15, -0.1) is 0 Å². The Balaban J connectivity index is 1.61. The van der Waals surface area contributed by atoms with E-state index in [0.29, 0.717) is 11.4 Å². The van der Waals surface area contributed by atoms with E-state index in [9.17, 15) is 27.5 Å². The van der Waals surface area contributed by atoms with Crippen LogP contribution in [0.2, 0.25) is 0 Å². The number of nitrogens with one attached hydrogen (secondary N) is 2. The minimum Gasteiger partial charge on any atom is -0.488 e. The predicted octanol–water partition coefficient (Wildman–Crippen LogP) is 4.01. The van der Waals surface area contributed by atoms with Gasteiger partial charge in [-0.25, -0.2) is 17.6 Å². The summed E-state index contributed by atoms with van der Waals surface area (Å²) in [6, 6.07) is 16.8. The molecule has 3 amide bonds. The topological polar surface area (TPSA) is 128 Å². The number of anilines is 2. The fourth-order valence-corrected chi connectivity index (χ4v) is 5.67. The number of ether oxygens (including phenoxy) is 1. The van der Waals surface area contributed by atoms with Crippen molar-refractivity contribution >= 4 is 33.3 Å². The molecule has 3 aromatic rings. The smallest absolute Gasteiger partial charge is 0.323 e. The molecular formula is C29H33FN4O6S. The zero-order chi connectivity index (χ0) is 29.7. The second-order valence-corrected chi connectivity index (χ2v) is 12.1. The normalized spacial score (nSPS) is 18.1. The molecule has 4 rings (SSSR count). The van der Waals surface area contributed by atoms with E-state index in [2.05, 4.69) is 10.6 Å². The van der Waals surface area contributed by atoms with Crippen molar-refractivity contribution in [3.8, 4) is 5.75 Å². The number of hydrogen-bond donors (Lipinski definition) is 3. The first-order valence-electron chi connectivity index (χ1n) is 13.1. The van der Waals surface area contributed by atoms with Gasteiger partial charge in [0.25, 0.3) is 5.91 Å². The zero-order valence-corrected chi connectivity index (χ0v) is 23.8. The van der Waals surface area contributed by atoms with Gasteiger partial charge in [-0.05, 0) is 61.5 Å². The van der Waals surface area contributed by atoms with Crippen molar-refractivity contribution in [1.29, 1.82) is 0 Å². The van der Waals surface area contributed by atoms with Gasteiger partial charge in [0.05, 0.1) is 29.7 Å². The lowest BCUT2D eigenvalue weighted by atomic mass is 9.99. The summed E-state index contributed by atoms with van der Waals surface area (Å²) in [6.07, 6.45) is -0.640. The van der Waals surface area contributed by atoms with E-state index in [1.807, 2.05) is 6.92 Å². The van der Waals surface area contributed by atoms with E-state index < -0.39 is 39.9 Å². The fraction of sp³-hybridized carbons (Fsp3) is 0.310. The number of amides is 3. The number of benzene rings is 3. The molecule has 0 saturated carbocycles. The highest BCUT2D eigenvalue weighted by molar-refractivity contribution is 7.89. The number of carbonyl (C=O) groups excluding carboxylic acids is 2. The standard InChI is InChI=1S/C29H33FN4O6S/c1-19-16-34(20(2)18-35)28(36)25-15-23(32-29(37)31-22-11-9-21(30)10-12-22)13-14-26(25)40-27(19)17-33(3)41(38,39)24-7-5-4-6-8-24/h4-15,19-20,27,35H,16-18H2,1-3H3,(H2,31,32,37)/t19-,20-,27+/m0/s1. The molecule has 41 heavy (non-hydrogen) atoms. The first-order chi connectivity index (χ1) is 19.5. The highest BCUT2D eigenvalue weighted by Crippen LogP contribution is 2.31. The Morgan fingerprint density at radius 1 is 1.10 bits per heavy atom. The second-order valence-electron chi connectivity index (χ2n) is 10.0. The SMILES string of the molecule is C[C@H]1CN([C@@H](C)CO)C(=O)c2cc(NC(=O)Nc3ccc(F)cc3)ccc2O[C@@H]1CN(C)S(=O)(=O)c1ccccc1. The minimum absolute atomic E-state index is 0.00739. The molecule has 0 aromatic heterocycles. The molecule has 1 aliphatic heterocycles. The maximum Gasteiger partial charge on any atom is 0.323 e. The van der Waals surface area contributed by atoms with Gasteiger partial charge >= 0.3 is 6.03 Å². The Hall–Kier alpha value is -4.00. The van der Waals surface area contributed by atoms with Crippen molar-refractivity contribution in [2.75, 3.05) is 37.4 Å². The van der Waals surface area contributed by atoms with Crippen LogP contribution in [0.3, 0.4) is 0 Å². The first kappa shape index (κ1) is 30.0. The van der Waals surface area contributed by atoms with E-state index in [4.69, 9.17) is 4.74 Å². The van der Waals surface area contributed by atoms with Crippen LogP contribution in [0.25, 0.3) is 0 Å². The maximum absolute atomic E-state index is 13.6. The molecule has 3 atom stereocenters. The van der Waals surface area contributed by atoms with Crippen molar-refractivity contribution in [3.63, 3.8) is 0 Å². The Morgan fingerprint density at radius 3 is 2.39 bits per heavy atom. The third-order valence-corrected chi connectivity index (χ3v) is 8.75. The zero-order valence-electron chi connectivity index (χ0n) is 23.0. The van der Waals surface area contributed by atoms with Gasteiger partial charge in [-0.2, -0.15) is 4.31 Å². The van der Waals surface area contributed by atoms with Gasteiger partial charge in [0.1, 0.15) is 17.7 Å². The van der Waals surface area contributed by atoms with E-state index >= 15 is 0 Å². The van der Waals surface area contributed by atoms with Crippen LogP contribution < -0.4 is 15.4 Å². The molecule has 0 saturated heterocycles. The van der Waals surface area contributed by atoms with Crippen LogP contribution in [-0.2, 0) is 10.0 Å². The van der Waals surface area contributed by atoms with Crippen molar-refractivity contribution in [2.45, 2.75) is 30.9 Å². The third kappa shape index (κ3) is 7.02. The minimum atomic E-state index is -3.80. The van der Waals surface area contributed by atoms with Crippen molar-refractivity contribution in [1.82, 2.24) is 9.21 Å². The molecule has 0 radical (unpaired) electrons. The van der Waals surface area contributed by atoms with E-state index in [-0.39, 0.29) is 41.8 Å². The van der Waals surface area contributed by atoms with Gasteiger partial charge < -0.3 is 25.4 Å². The summed E-state index contributed by atoms with van der Waals surface area (Å²) < 4.78 is 47.0. The van der Waals surface area contributed by atoms with Crippen molar-refractivity contribution in [3.05, 3.63) is 84.2 Å². The first-order valence-corrected chi connectivity index (χ1v) is 14.5. The molecule has 1 aliphatic rings. The summed E-state index contributed by atoms with van der Waals surface area (Å²) in [7, 11) is -2.32. The number of aliphatic hydroxyl groups is 1. The summed E-state index contributed by atoms with van der Waals surface area (Å²) >= 11 is 0. The van der Waals surface area contributed by atoms with Gasteiger partial charge in [0.2, 0.25) is 10.0 Å². The summed E-state index contributed by atoms with van der Waals surface area (Å²) in [6.45, 7) is 3.50. The number of hydrogen-bond acceptors (Lipinski definition) is 6. The number of fused-ring (bicyclic) bond motifs is 1. The highest BCUT2D eigenvalue weighted by Gasteiger charge is 2.35. The van der Waals surface area contributed by atoms with Crippen LogP contribution in [0.15, 0.2) is 77.7 Å². The molecule has 0 aliphatic carbocycles. The molecule has 218 valence electrons. The summed E-state index contributed by atoms with van der Waals surface area (Å²) in [5.74, 6) is -0.917. The summed E-state index contributed by atoms with van der Waals surface area (Å²) in [5.41, 5.74) is 0.824. The van der Waals surface area contributed by atoms with E-state index in [1.165, 1.54) is 58.7 Å². The number of aliphatic hydroxyl groups excluding tert-OH is 1. The third-order valence-electron chi connectivity index (χ3n) is 6.91. The molecule has 0 spiro atoms. The summed E-state index contributed by atoms with van der Waals surface area (Å²) in [5, 5.41) is 15.1. The number of sulfonamides is 1. The lowest BCUT2D eigenvalue weighted by Crippen LogP contribution is -2.50. The van der Waals surface area contributed by atoms with Crippen LogP contribution in [0.1, 0.15) is 24.2 Å². The van der Waals surface area contributed by atoms with Crippen LogP contribution in [0.5, 0.6) is 5.75 Å². The molecule has 0 fully saturated rings. The summed E-state index contributed by atoms with van der Waals surface area (Å²) in [4.78, 5) is 27.9. The monoisotopic (exact) mass is 584 g/mol. The number of likely N-dealkylation sites (N-methyl/N-ethyl adjacent to an activating group) is 1. The van der Waals surface area contributed by atoms with Crippen LogP contribution in [0.4, 0.5) is 20.6 Å². The van der Waals surface area contributed by atoms with E-state index in [1.54, 1.807) is 37.3 Å². The largest absolute Gasteiger partial charge is 0.488 e. The Kier molecular flexibility index (Phi) is 9.26. The van der Waals surface area contributed by atoms with Gasteiger partial charge in [-0.3, -0.25) is 4.79 Å². The van der Waals surface area contributed by atoms with E-state index in [0.717, 1.165) is 0 Å². The van der Waals surface area contributed by atoms with Gasteiger partial charge in [-0.1, -0.05) is 25.1 Å². The van der Waals surface area contributed by atoms with Crippen LogP contribution in [-0.4, -0.2) is 73.6 Å². The average Bonchev–Trinajstić information content (AvgIpc) is 2.96. The average molecular weight is 585 g/mol. The lowest BCUT2D eigenvalue weighted by Gasteiger charge is -2.38. The molecule has 12 heteroatoms. The molecule has 10 nitrogen and oxygen atoms in total. The molecule has 1 heterocycles. The van der Waals surface area contributed by atoms with Crippen molar-refractivity contribution < 1.29 is 32.2 Å².